The number of H-pyrrole nitrogens is 1. The SMILES string of the molecule is C[C@H]1c2nc(-c3ccccc3)nn2CCN1C(=O)CCc1nc(Cl)n[nH]1. The first-order chi connectivity index (χ1) is 12.6. The van der Waals surface area contributed by atoms with Crippen LogP contribution in [0.15, 0.2) is 30.3 Å². The van der Waals surface area contributed by atoms with E-state index in [0.29, 0.717) is 37.6 Å². The van der Waals surface area contributed by atoms with Crippen LogP contribution >= 0.6 is 11.6 Å². The third-order valence-corrected chi connectivity index (χ3v) is 4.70. The number of benzene rings is 1. The second kappa shape index (κ2) is 6.87. The van der Waals surface area contributed by atoms with Crippen molar-refractivity contribution >= 4 is 17.5 Å². The van der Waals surface area contributed by atoms with E-state index in [0.717, 1.165) is 11.4 Å². The van der Waals surface area contributed by atoms with E-state index in [2.05, 4.69) is 25.3 Å². The van der Waals surface area contributed by atoms with Crippen LogP contribution in [-0.2, 0) is 17.8 Å². The van der Waals surface area contributed by atoms with E-state index in [4.69, 9.17) is 11.6 Å². The van der Waals surface area contributed by atoms with Gasteiger partial charge in [-0.2, -0.15) is 5.10 Å². The summed E-state index contributed by atoms with van der Waals surface area (Å²) in [6.45, 7) is 3.23. The average Bonchev–Trinajstić information content (AvgIpc) is 3.27. The van der Waals surface area contributed by atoms with E-state index < -0.39 is 0 Å². The molecule has 26 heavy (non-hydrogen) atoms. The zero-order valence-corrected chi connectivity index (χ0v) is 15.0. The lowest BCUT2D eigenvalue weighted by atomic mass is 10.1. The van der Waals surface area contributed by atoms with Gasteiger partial charge in [0.05, 0.1) is 12.6 Å². The van der Waals surface area contributed by atoms with Gasteiger partial charge in [0.25, 0.3) is 0 Å². The number of fused-ring (bicyclic) bond motifs is 1. The number of hydrogen-bond donors (Lipinski definition) is 1. The van der Waals surface area contributed by atoms with Crippen LogP contribution in [0, 0.1) is 0 Å². The number of nitrogens with zero attached hydrogens (tertiary/aromatic N) is 6. The summed E-state index contributed by atoms with van der Waals surface area (Å²) >= 11 is 5.69. The maximum Gasteiger partial charge on any atom is 0.242 e. The van der Waals surface area contributed by atoms with Crippen molar-refractivity contribution in [1.82, 2.24) is 34.8 Å². The van der Waals surface area contributed by atoms with Crippen LogP contribution in [0.3, 0.4) is 0 Å². The molecule has 2 aromatic heterocycles. The molecular formula is C17H18ClN7O. The molecule has 134 valence electrons. The first-order valence-corrected chi connectivity index (χ1v) is 8.86. The van der Waals surface area contributed by atoms with E-state index in [1.54, 1.807) is 0 Å². The van der Waals surface area contributed by atoms with E-state index in [9.17, 15) is 4.79 Å². The van der Waals surface area contributed by atoms with Crippen LogP contribution in [0.4, 0.5) is 0 Å². The summed E-state index contributed by atoms with van der Waals surface area (Å²) < 4.78 is 1.90. The Balaban J connectivity index is 1.48. The third-order valence-electron chi connectivity index (χ3n) is 4.53. The van der Waals surface area contributed by atoms with Crippen LogP contribution in [-0.4, -0.2) is 47.3 Å². The van der Waals surface area contributed by atoms with Crippen molar-refractivity contribution in [3.63, 3.8) is 0 Å². The van der Waals surface area contributed by atoms with Gasteiger partial charge in [0.15, 0.2) is 5.82 Å². The van der Waals surface area contributed by atoms with Crippen LogP contribution in [0.25, 0.3) is 11.4 Å². The highest BCUT2D eigenvalue weighted by molar-refractivity contribution is 6.28. The van der Waals surface area contributed by atoms with Crippen LogP contribution < -0.4 is 0 Å². The van der Waals surface area contributed by atoms with Gasteiger partial charge in [-0.05, 0) is 18.5 Å². The fourth-order valence-corrected chi connectivity index (χ4v) is 3.31. The lowest BCUT2D eigenvalue weighted by Crippen LogP contribution is -2.41. The number of nitrogens with one attached hydrogen (secondary N) is 1. The van der Waals surface area contributed by atoms with Crippen LogP contribution in [0.5, 0.6) is 0 Å². The molecule has 0 radical (unpaired) electrons. The Morgan fingerprint density at radius 2 is 2.08 bits per heavy atom. The highest BCUT2D eigenvalue weighted by Gasteiger charge is 2.30. The maximum atomic E-state index is 12.6. The minimum Gasteiger partial charge on any atom is -0.331 e. The van der Waals surface area contributed by atoms with Gasteiger partial charge < -0.3 is 4.90 Å². The molecule has 9 heteroatoms. The van der Waals surface area contributed by atoms with Crippen molar-refractivity contribution in [2.24, 2.45) is 0 Å². The fraction of sp³-hybridized carbons (Fsp3) is 0.353. The van der Waals surface area contributed by atoms with Gasteiger partial charge in [-0.25, -0.2) is 14.6 Å². The first-order valence-electron chi connectivity index (χ1n) is 8.48. The number of halogens is 1. The average molecular weight is 372 g/mol. The molecule has 1 aromatic carbocycles. The molecule has 0 bridgehead atoms. The standard InChI is InChI=1S/C17H18ClN7O/c1-11-16-20-15(12-5-3-2-4-6-12)23-25(16)10-9-24(11)14(26)8-7-13-19-17(18)22-21-13/h2-6,11H,7-10H2,1H3,(H,19,21,22)/t11-/m0/s1. The van der Waals surface area contributed by atoms with Crippen molar-refractivity contribution in [2.45, 2.75) is 32.4 Å². The predicted octanol–water partition coefficient (Wildman–Crippen LogP) is 2.25. The monoisotopic (exact) mass is 371 g/mol. The topological polar surface area (TPSA) is 92.6 Å². The third kappa shape index (κ3) is 3.20. The van der Waals surface area contributed by atoms with Gasteiger partial charge in [-0.15, -0.1) is 5.10 Å². The van der Waals surface area contributed by atoms with E-state index >= 15 is 0 Å². The van der Waals surface area contributed by atoms with Crippen molar-refractivity contribution in [3.8, 4) is 11.4 Å². The Morgan fingerprint density at radius 1 is 1.27 bits per heavy atom. The van der Waals surface area contributed by atoms with Gasteiger partial charge in [-0.1, -0.05) is 30.3 Å². The Kier molecular flexibility index (Phi) is 4.42. The minimum atomic E-state index is -0.125. The Hall–Kier alpha value is -2.74. The quantitative estimate of drug-likeness (QED) is 0.759. The molecule has 8 nitrogen and oxygen atoms in total. The summed E-state index contributed by atoms with van der Waals surface area (Å²) in [7, 11) is 0. The van der Waals surface area contributed by atoms with Gasteiger partial charge in [0.2, 0.25) is 11.2 Å². The van der Waals surface area contributed by atoms with Crippen LogP contribution in [0.1, 0.15) is 31.0 Å². The molecular weight excluding hydrogens is 354 g/mol. The van der Waals surface area contributed by atoms with Gasteiger partial charge in [0.1, 0.15) is 11.6 Å². The summed E-state index contributed by atoms with van der Waals surface area (Å²) in [4.78, 5) is 23.2. The molecule has 0 unspecified atom stereocenters. The van der Waals surface area contributed by atoms with Gasteiger partial charge in [-0.3, -0.25) is 9.89 Å². The second-order valence-electron chi connectivity index (χ2n) is 6.20. The minimum absolute atomic E-state index is 0.0560. The van der Waals surface area contributed by atoms with Crippen molar-refractivity contribution < 1.29 is 4.79 Å². The molecule has 1 amide bonds. The molecule has 0 saturated heterocycles. The molecule has 0 saturated carbocycles. The molecule has 1 aliphatic rings. The van der Waals surface area contributed by atoms with E-state index in [1.807, 2.05) is 46.8 Å². The van der Waals surface area contributed by atoms with Crippen LogP contribution in [0.2, 0.25) is 5.28 Å². The van der Waals surface area contributed by atoms with Gasteiger partial charge >= 0.3 is 0 Å². The molecule has 3 heterocycles. The molecule has 0 spiro atoms. The van der Waals surface area contributed by atoms with Crippen molar-refractivity contribution in [3.05, 3.63) is 47.3 Å². The smallest absolute Gasteiger partial charge is 0.242 e. The number of aryl methyl sites for hydroxylation is 1. The molecule has 4 rings (SSSR count). The zero-order valence-electron chi connectivity index (χ0n) is 14.3. The van der Waals surface area contributed by atoms with E-state index in [1.165, 1.54) is 0 Å². The van der Waals surface area contributed by atoms with Gasteiger partial charge in [0, 0.05) is 24.9 Å². The summed E-state index contributed by atoms with van der Waals surface area (Å²) in [5.41, 5.74) is 0.974. The normalized spacial score (nSPS) is 16.5. The predicted molar refractivity (Wildman–Crippen MR) is 95.3 cm³/mol. The molecule has 1 N–H and O–H groups in total. The number of carbonyl (C=O) groups excluding carboxylic acids is 1. The lowest BCUT2D eigenvalue weighted by Gasteiger charge is -2.32. The Morgan fingerprint density at radius 3 is 2.81 bits per heavy atom. The number of carbonyl (C=O) groups is 1. The molecule has 0 fully saturated rings. The summed E-state index contributed by atoms with van der Waals surface area (Å²) in [5.74, 6) is 2.17. The first kappa shape index (κ1) is 16.7. The second-order valence-corrected chi connectivity index (χ2v) is 6.54. The number of hydrogen-bond acceptors (Lipinski definition) is 5. The summed E-state index contributed by atoms with van der Waals surface area (Å²) in [6.07, 6.45) is 0.819. The number of amides is 1. The Labute approximate surface area is 155 Å². The lowest BCUT2D eigenvalue weighted by molar-refractivity contribution is -0.134. The number of rotatable bonds is 4. The zero-order chi connectivity index (χ0) is 18.1. The molecule has 3 aromatic rings. The van der Waals surface area contributed by atoms with Crippen molar-refractivity contribution in [2.75, 3.05) is 6.54 Å². The van der Waals surface area contributed by atoms with Crippen molar-refractivity contribution in [1.29, 1.82) is 0 Å². The molecule has 1 aliphatic heterocycles. The highest BCUT2D eigenvalue weighted by atomic mass is 35.5. The van der Waals surface area contributed by atoms with E-state index in [-0.39, 0.29) is 17.2 Å². The number of aromatic amines is 1. The number of aromatic nitrogens is 6. The maximum absolute atomic E-state index is 12.6. The Bertz CT molecular complexity index is 920. The largest absolute Gasteiger partial charge is 0.331 e. The summed E-state index contributed by atoms with van der Waals surface area (Å²) in [6, 6.07) is 9.73. The fourth-order valence-electron chi connectivity index (χ4n) is 3.17. The highest BCUT2D eigenvalue weighted by Crippen LogP contribution is 2.26. The molecule has 0 aliphatic carbocycles. The molecule has 1 atom stereocenters. The summed E-state index contributed by atoms with van der Waals surface area (Å²) in [5, 5.41) is 11.2.